The molecule has 0 saturated heterocycles. The highest BCUT2D eigenvalue weighted by atomic mass is 32.1. The number of anilines is 1. The van der Waals surface area contributed by atoms with Crippen molar-refractivity contribution in [2.75, 3.05) is 12.4 Å². The van der Waals surface area contributed by atoms with Gasteiger partial charge in [0, 0.05) is 18.7 Å². The van der Waals surface area contributed by atoms with Crippen LogP contribution in [0.1, 0.15) is 40.6 Å². The molecular weight excluding hydrogens is 345 g/mol. The molecule has 1 atom stereocenters. The van der Waals surface area contributed by atoms with Gasteiger partial charge in [0.1, 0.15) is 16.4 Å². The molecular formula is C17H18FN3O3S. The molecule has 0 radical (unpaired) electrons. The van der Waals surface area contributed by atoms with Gasteiger partial charge in [0.05, 0.1) is 5.69 Å². The topological polar surface area (TPSA) is 80.3 Å². The van der Waals surface area contributed by atoms with E-state index in [1.54, 1.807) is 14.0 Å². The number of nitrogens with one attached hydrogen (secondary N) is 2. The van der Waals surface area contributed by atoms with Crippen LogP contribution in [0.2, 0.25) is 0 Å². The first-order valence-corrected chi connectivity index (χ1v) is 8.67. The molecule has 1 unspecified atom stereocenters. The molecule has 1 saturated carbocycles. The van der Waals surface area contributed by atoms with E-state index in [0.29, 0.717) is 21.8 Å². The molecule has 8 heteroatoms. The number of aromatic nitrogens is 1. The number of halogens is 1. The summed E-state index contributed by atoms with van der Waals surface area (Å²) in [6.45, 7) is 1.70. The second-order valence-electron chi connectivity index (χ2n) is 5.84. The zero-order chi connectivity index (χ0) is 18.0. The van der Waals surface area contributed by atoms with E-state index in [-0.39, 0.29) is 6.04 Å². The minimum atomic E-state index is -1.14. The number of carbonyl (C=O) groups is 2. The van der Waals surface area contributed by atoms with E-state index < -0.39 is 23.8 Å². The van der Waals surface area contributed by atoms with E-state index in [4.69, 9.17) is 4.74 Å². The molecule has 132 valence electrons. The highest BCUT2D eigenvalue weighted by Gasteiger charge is 2.32. The summed E-state index contributed by atoms with van der Waals surface area (Å²) < 4.78 is 22.8. The first kappa shape index (κ1) is 17.3. The minimum absolute atomic E-state index is 0.117. The summed E-state index contributed by atoms with van der Waals surface area (Å²) in [5.41, 5.74) is 1.25. The lowest BCUT2D eigenvalue weighted by molar-refractivity contribution is -0.130. The van der Waals surface area contributed by atoms with Crippen LogP contribution in [0.5, 0.6) is 0 Å². The van der Waals surface area contributed by atoms with Gasteiger partial charge in [-0.15, -0.1) is 0 Å². The molecule has 1 aromatic heterocycles. The highest BCUT2D eigenvalue weighted by Crippen LogP contribution is 2.28. The van der Waals surface area contributed by atoms with Crippen LogP contribution in [0.15, 0.2) is 24.3 Å². The van der Waals surface area contributed by atoms with Crippen LogP contribution in [0.3, 0.4) is 0 Å². The van der Waals surface area contributed by atoms with Crippen LogP contribution in [0.4, 0.5) is 9.39 Å². The van der Waals surface area contributed by atoms with Gasteiger partial charge < -0.3 is 15.4 Å². The Morgan fingerprint density at radius 1 is 1.32 bits per heavy atom. The lowest BCUT2D eigenvalue weighted by Crippen LogP contribution is -2.33. The Morgan fingerprint density at radius 2 is 2.00 bits per heavy atom. The van der Waals surface area contributed by atoms with Gasteiger partial charge in [0.15, 0.2) is 0 Å². The zero-order valence-corrected chi connectivity index (χ0v) is 14.7. The Balaban J connectivity index is 1.85. The van der Waals surface area contributed by atoms with E-state index in [0.717, 1.165) is 24.4 Å². The van der Waals surface area contributed by atoms with Crippen molar-refractivity contribution >= 4 is 28.4 Å². The summed E-state index contributed by atoms with van der Waals surface area (Å²) in [7, 11) is 1.68. The Labute approximate surface area is 148 Å². The van der Waals surface area contributed by atoms with Gasteiger partial charge in [0.2, 0.25) is 6.10 Å². The molecule has 1 fully saturated rings. The van der Waals surface area contributed by atoms with Crippen molar-refractivity contribution < 1.29 is 18.7 Å². The average molecular weight is 363 g/mol. The van der Waals surface area contributed by atoms with E-state index in [1.165, 1.54) is 24.3 Å². The number of benzene rings is 1. The first-order chi connectivity index (χ1) is 12.0. The molecule has 25 heavy (non-hydrogen) atoms. The number of carbonyl (C=O) groups excluding carboxylic acids is 2. The van der Waals surface area contributed by atoms with Gasteiger partial charge in [-0.25, -0.2) is 9.18 Å². The molecule has 1 aliphatic rings. The molecule has 1 amide bonds. The van der Waals surface area contributed by atoms with E-state index >= 15 is 0 Å². The number of aryl methyl sites for hydroxylation is 1. The van der Waals surface area contributed by atoms with Crippen LogP contribution in [0.25, 0.3) is 0 Å². The molecule has 0 bridgehead atoms. The lowest BCUT2D eigenvalue weighted by atomic mass is 10.1. The molecule has 2 aromatic rings. The Kier molecular flexibility index (Phi) is 4.98. The number of hydrogen-bond acceptors (Lipinski definition) is 6. The van der Waals surface area contributed by atoms with Gasteiger partial charge in [-0.1, -0.05) is 12.1 Å². The third-order valence-electron chi connectivity index (χ3n) is 3.85. The Hall–Kier alpha value is -2.48. The van der Waals surface area contributed by atoms with Crippen LogP contribution >= 0.6 is 11.5 Å². The number of amides is 1. The molecule has 0 spiro atoms. The SMILES string of the molecule is CNc1snc(C)c1C(=O)OC(C(=O)NC1CC1)c1ccc(F)cc1. The summed E-state index contributed by atoms with van der Waals surface area (Å²) in [5, 5.41) is 6.29. The Morgan fingerprint density at radius 3 is 2.60 bits per heavy atom. The van der Waals surface area contributed by atoms with Gasteiger partial charge in [0.25, 0.3) is 5.91 Å². The Bertz CT molecular complexity index is 787. The maximum atomic E-state index is 13.2. The van der Waals surface area contributed by atoms with Gasteiger partial charge >= 0.3 is 5.97 Å². The molecule has 1 aromatic carbocycles. The molecule has 0 aliphatic heterocycles. The first-order valence-electron chi connectivity index (χ1n) is 7.90. The fourth-order valence-corrected chi connectivity index (χ4v) is 3.09. The van der Waals surface area contributed by atoms with Crippen molar-refractivity contribution in [2.24, 2.45) is 0 Å². The number of esters is 1. The molecule has 1 heterocycles. The molecule has 6 nitrogen and oxygen atoms in total. The van der Waals surface area contributed by atoms with Gasteiger partial charge in [-0.3, -0.25) is 4.79 Å². The summed E-state index contributed by atoms with van der Waals surface area (Å²) in [4.78, 5) is 25.1. The van der Waals surface area contributed by atoms with E-state index in [1.807, 2.05) is 0 Å². The van der Waals surface area contributed by atoms with Crippen LogP contribution in [-0.2, 0) is 9.53 Å². The number of nitrogens with zero attached hydrogens (tertiary/aromatic N) is 1. The molecule has 3 rings (SSSR count). The van der Waals surface area contributed by atoms with Crippen molar-refractivity contribution in [3.8, 4) is 0 Å². The predicted molar refractivity (Wildman–Crippen MR) is 92.1 cm³/mol. The second kappa shape index (κ2) is 7.18. The predicted octanol–water partition coefficient (Wildman–Crippen LogP) is 2.81. The van der Waals surface area contributed by atoms with Crippen molar-refractivity contribution in [2.45, 2.75) is 31.9 Å². The molecule has 1 aliphatic carbocycles. The largest absolute Gasteiger partial charge is 0.444 e. The number of ether oxygens (including phenoxy) is 1. The van der Waals surface area contributed by atoms with Crippen molar-refractivity contribution in [1.82, 2.24) is 9.69 Å². The quantitative estimate of drug-likeness (QED) is 0.772. The maximum absolute atomic E-state index is 13.2. The van der Waals surface area contributed by atoms with Crippen LogP contribution in [-0.4, -0.2) is 29.3 Å². The highest BCUT2D eigenvalue weighted by molar-refractivity contribution is 7.10. The van der Waals surface area contributed by atoms with Crippen molar-refractivity contribution in [3.05, 3.63) is 46.9 Å². The standard InChI is InChI=1S/C17H18FN3O3S/c1-9-13(16(19-2)25-21-9)17(23)24-14(15(22)20-12-7-8-12)10-3-5-11(18)6-4-10/h3-6,12,14,19H,7-8H2,1-2H3,(H,20,22). The third-order valence-corrected chi connectivity index (χ3v) is 4.81. The smallest absolute Gasteiger partial charge is 0.344 e. The normalized spacial score (nSPS) is 14.7. The second-order valence-corrected chi connectivity index (χ2v) is 6.62. The zero-order valence-electron chi connectivity index (χ0n) is 13.8. The lowest BCUT2D eigenvalue weighted by Gasteiger charge is -2.18. The summed E-state index contributed by atoms with van der Waals surface area (Å²) in [6.07, 6.45) is 0.679. The van der Waals surface area contributed by atoms with Gasteiger partial charge in [-0.2, -0.15) is 4.37 Å². The van der Waals surface area contributed by atoms with Crippen LogP contribution < -0.4 is 10.6 Å². The van der Waals surface area contributed by atoms with Crippen molar-refractivity contribution in [3.63, 3.8) is 0 Å². The third kappa shape index (κ3) is 3.96. The summed E-state index contributed by atoms with van der Waals surface area (Å²) >= 11 is 1.15. The minimum Gasteiger partial charge on any atom is -0.444 e. The summed E-state index contributed by atoms with van der Waals surface area (Å²) in [5.74, 6) is -1.48. The van der Waals surface area contributed by atoms with Crippen LogP contribution in [0, 0.1) is 12.7 Å². The van der Waals surface area contributed by atoms with Gasteiger partial charge in [-0.05, 0) is 43.4 Å². The fraction of sp³-hybridized carbons (Fsp3) is 0.353. The summed E-state index contributed by atoms with van der Waals surface area (Å²) in [6, 6.07) is 5.47. The van der Waals surface area contributed by atoms with E-state index in [9.17, 15) is 14.0 Å². The average Bonchev–Trinajstić information content (AvgIpc) is 3.32. The number of hydrogen-bond donors (Lipinski definition) is 2. The maximum Gasteiger partial charge on any atom is 0.344 e. The molecule has 2 N–H and O–H groups in total. The van der Waals surface area contributed by atoms with Crippen molar-refractivity contribution in [1.29, 1.82) is 0 Å². The monoisotopic (exact) mass is 363 g/mol. The van der Waals surface area contributed by atoms with E-state index in [2.05, 4.69) is 15.0 Å². The fourth-order valence-electron chi connectivity index (χ4n) is 2.36. The number of rotatable bonds is 6.